The molecule has 5 rings (SSSR count). The highest BCUT2D eigenvalue weighted by Crippen LogP contribution is 2.37. The summed E-state index contributed by atoms with van der Waals surface area (Å²) in [5, 5.41) is 3.25. The van der Waals surface area contributed by atoms with Crippen molar-refractivity contribution in [2.24, 2.45) is 0 Å². The molecule has 0 atom stereocenters. The fourth-order valence-electron chi connectivity index (χ4n) is 3.65. The molecule has 0 spiro atoms. The monoisotopic (exact) mass is 519 g/mol. The highest BCUT2D eigenvalue weighted by Gasteiger charge is 2.16. The molecule has 5 aromatic rings. The van der Waals surface area contributed by atoms with E-state index in [0.717, 1.165) is 21.5 Å². The third-order valence-corrected chi connectivity index (χ3v) is 6.43. The predicted octanol–water partition coefficient (Wildman–Crippen LogP) is 5.69. The number of fused-ring (bicyclic) bond motifs is 2. The molecule has 0 aliphatic carbocycles. The quantitative estimate of drug-likeness (QED) is 0.273. The van der Waals surface area contributed by atoms with Gasteiger partial charge in [-0.3, -0.25) is 10.3 Å². The van der Waals surface area contributed by atoms with Crippen LogP contribution >= 0.6 is 11.3 Å². The Kier molecular flexibility index (Phi) is 6.78. The summed E-state index contributed by atoms with van der Waals surface area (Å²) in [4.78, 5) is 29.6. The van der Waals surface area contributed by atoms with Gasteiger partial charge in [0.15, 0.2) is 11.6 Å². The van der Waals surface area contributed by atoms with E-state index in [2.05, 4.69) is 25.3 Å². The second-order valence-electron chi connectivity index (χ2n) is 8.16. The zero-order valence-corrected chi connectivity index (χ0v) is 21.1. The first-order chi connectivity index (χ1) is 17.9. The van der Waals surface area contributed by atoms with Crippen molar-refractivity contribution in [1.82, 2.24) is 19.9 Å². The number of hydrogen-bond donors (Lipinski definition) is 1. The van der Waals surface area contributed by atoms with Gasteiger partial charge < -0.3 is 14.2 Å². The molecule has 1 N–H and O–H groups in total. The van der Waals surface area contributed by atoms with E-state index in [9.17, 15) is 9.18 Å². The van der Waals surface area contributed by atoms with Crippen molar-refractivity contribution in [2.75, 3.05) is 25.6 Å². The number of methoxy groups -OCH3 is 1. The van der Waals surface area contributed by atoms with Gasteiger partial charge in [0.25, 0.3) is 0 Å². The Morgan fingerprint density at radius 1 is 1.03 bits per heavy atom. The molecule has 2 aromatic carbocycles. The molecule has 1 amide bonds. The number of nitrogens with zero attached hydrogens (tertiary/aromatic N) is 4. The average Bonchev–Trinajstić information content (AvgIpc) is 3.29. The Bertz CT molecular complexity index is 1610. The van der Waals surface area contributed by atoms with Crippen LogP contribution in [0.1, 0.15) is 11.3 Å². The van der Waals surface area contributed by atoms with E-state index in [1.54, 1.807) is 31.5 Å². The normalized spacial score (nSPS) is 11.0. The lowest BCUT2D eigenvalue weighted by molar-refractivity contribution is 0.136. The van der Waals surface area contributed by atoms with Crippen LogP contribution in [-0.2, 0) is 4.74 Å². The van der Waals surface area contributed by atoms with Crippen molar-refractivity contribution in [3.63, 3.8) is 0 Å². The maximum Gasteiger partial charge on any atom is 0.411 e. The molecule has 0 bridgehead atoms. The molecule has 3 aromatic heterocycles. The minimum absolute atomic E-state index is 0.0202. The smallest absolute Gasteiger partial charge is 0.411 e. The number of aromatic nitrogens is 4. The molecular formula is C26H22FN5O4S. The third-order valence-electron chi connectivity index (χ3n) is 5.38. The molecule has 0 radical (unpaired) electrons. The second kappa shape index (κ2) is 10.3. The first kappa shape index (κ1) is 24.3. The maximum absolute atomic E-state index is 14.7. The molecule has 0 saturated carbocycles. The summed E-state index contributed by atoms with van der Waals surface area (Å²) in [6.07, 6.45) is 2.44. The van der Waals surface area contributed by atoms with Gasteiger partial charge in [-0.1, -0.05) is 0 Å². The Morgan fingerprint density at radius 2 is 1.89 bits per heavy atom. The van der Waals surface area contributed by atoms with E-state index in [1.807, 2.05) is 26.0 Å². The van der Waals surface area contributed by atoms with Crippen LogP contribution in [0.15, 0.2) is 48.8 Å². The number of amides is 1. The van der Waals surface area contributed by atoms with Crippen LogP contribution < -0.4 is 14.8 Å². The van der Waals surface area contributed by atoms with Gasteiger partial charge in [0.2, 0.25) is 5.88 Å². The highest BCUT2D eigenvalue weighted by molar-refractivity contribution is 7.21. The molecule has 0 aliphatic heterocycles. The first-order valence-electron chi connectivity index (χ1n) is 11.3. The zero-order valence-electron chi connectivity index (χ0n) is 20.2. The number of ether oxygens (including phenoxy) is 3. The fourth-order valence-corrected chi connectivity index (χ4v) is 4.64. The number of hydrogen-bond acceptors (Lipinski definition) is 9. The summed E-state index contributed by atoms with van der Waals surface area (Å²) >= 11 is 1.39. The summed E-state index contributed by atoms with van der Waals surface area (Å²) in [7, 11) is 1.54. The van der Waals surface area contributed by atoms with E-state index < -0.39 is 11.9 Å². The van der Waals surface area contributed by atoms with Crippen LogP contribution in [0.2, 0.25) is 0 Å². The van der Waals surface area contributed by atoms with Gasteiger partial charge in [0.05, 0.1) is 46.4 Å². The van der Waals surface area contributed by atoms with Gasteiger partial charge in [0.1, 0.15) is 18.2 Å². The third kappa shape index (κ3) is 5.41. The number of carbonyl (C=O) groups excluding carboxylic acids is 1. The SMILES string of the molecule is COc1cnc2c(-c3nc4cc(F)c(OCCOC(=O)Nc5ccc(C)nc5)cc4s3)cc(C)cc2n1. The van der Waals surface area contributed by atoms with Crippen molar-refractivity contribution in [3.05, 3.63) is 65.9 Å². The number of anilines is 1. The molecular weight excluding hydrogens is 497 g/mol. The second-order valence-corrected chi connectivity index (χ2v) is 9.19. The van der Waals surface area contributed by atoms with Crippen molar-refractivity contribution in [3.8, 4) is 22.2 Å². The lowest BCUT2D eigenvalue weighted by atomic mass is 10.1. The largest absolute Gasteiger partial charge is 0.487 e. The molecule has 3 heterocycles. The van der Waals surface area contributed by atoms with E-state index in [1.165, 1.54) is 23.6 Å². The molecule has 0 saturated heterocycles. The summed E-state index contributed by atoms with van der Waals surface area (Å²) in [5.41, 5.74) is 5.01. The summed E-state index contributed by atoms with van der Waals surface area (Å²) in [5.74, 6) is -0.0861. The number of pyridine rings is 1. The Morgan fingerprint density at radius 3 is 2.68 bits per heavy atom. The maximum atomic E-state index is 14.7. The Labute approximate surface area is 215 Å². The van der Waals surface area contributed by atoms with Crippen LogP contribution in [-0.4, -0.2) is 46.4 Å². The van der Waals surface area contributed by atoms with Gasteiger partial charge in [-0.2, -0.15) is 0 Å². The van der Waals surface area contributed by atoms with E-state index >= 15 is 0 Å². The molecule has 11 heteroatoms. The lowest BCUT2D eigenvalue weighted by Gasteiger charge is -2.09. The average molecular weight is 520 g/mol. The minimum Gasteiger partial charge on any atom is -0.487 e. The van der Waals surface area contributed by atoms with Crippen molar-refractivity contribution in [2.45, 2.75) is 13.8 Å². The van der Waals surface area contributed by atoms with E-state index in [-0.39, 0.29) is 19.0 Å². The van der Waals surface area contributed by atoms with Crippen LogP contribution in [0, 0.1) is 19.7 Å². The Balaban J connectivity index is 1.29. The van der Waals surface area contributed by atoms with Crippen molar-refractivity contribution in [1.29, 1.82) is 0 Å². The van der Waals surface area contributed by atoms with Crippen LogP contribution in [0.4, 0.5) is 14.9 Å². The lowest BCUT2D eigenvalue weighted by Crippen LogP contribution is -2.18. The van der Waals surface area contributed by atoms with Crippen molar-refractivity contribution < 1.29 is 23.4 Å². The molecule has 37 heavy (non-hydrogen) atoms. The van der Waals surface area contributed by atoms with Gasteiger partial charge in [0, 0.05) is 23.4 Å². The molecule has 0 aliphatic rings. The predicted molar refractivity (Wildman–Crippen MR) is 139 cm³/mol. The number of benzene rings is 2. The summed E-state index contributed by atoms with van der Waals surface area (Å²) in [6.45, 7) is 3.73. The fraction of sp³-hybridized carbons (Fsp3) is 0.192. The zero-order chi connectivity index (χ0) is 25.9. The minimum atomic E-state index is -0.650. The highest BCUT2D eigenvalue weighted by atomic mass is 32.1. The molecule has 0 fully saturated rings. The van der Waals surface area contributed by atoms with E-state index in [0.29, 0.717) is 33.1 Å². The molecule has 9 nitrogen and oxygen atoms in total. The van der Waals surface area contributed by atoms with Gasteiger partial charge >= 0.3 is 6.09 Å². The number of rotatable bonds is 7. The van der Waals surface area contributed by atoms with Gasteiger partial charge in [-0.15, -0.1) is 11.3 Å². The molecule has 0 unspecified atom stereocenters. The van der Waals surface area contributed by atoms with Gasteiger partial charge in [-0.25, -0.2) is 24.1 Å². The van der Waals surface area contributed by atoms with Crippen LogP contribution in [0.5, 0.6) is 11.6 Å². The van der Waals surface area contributed by atoms with Gasteiger partial charge in [-0.05, 0) is 43.7 Å². The van der Waals surface area contributed by atoms with Crippen molar-refractivity contribution >= 4 is 44.4 Å². The number of halogens is 1. The number of nitrogens with one attached hydrogen (secondary N) is 1. The van der Waals surface area contributed by atoms with Crippen LogP contribution in [0.25, 0.3) is 31.8 Å². The standard InChI is InChI=1S/C26H22FN5O4S/c1-14-8-17(24-20(9-14)31-23(34-3)13-29-24)25-32-19-10-18(27)21(11-22(19)37-25)35-6-7-36-26(33)30-16-5-4-15(2)28-12-16/h4-5,8-13H,6-7H2,1-3H3,(H,30,33). The molecule has 188 valence electrons. The number of thiazole rings is 1. The number of carbonyl (C=O) groups is 1. The van der Waals surface area contributed by atoms with Crippen LogP contribution in [0.3, 0.4) is 0 Å². The first-order valence-corrected chi connectivity index (χ1v) is 12.1. The summed E-state index contributed by atoms with van der Waals surface area (Å²) in [6, 6.07) is 10.3. The number of aryl methyl sites for hydroxylation is 2. The Hall–Kier alpha value is -4.38. The summed E-state index contributed by atoms with van der Waals surface area (Å²) < 4.78 is 31.3. The topological polar surface area (TPSA) is 108 Å². The van der Waals surface area contributed by atoms with E-state index in [4.69, 9.17) is 14.2 Å².